The predicted molar refractivity (Wildman–Crippen MR) is 109 cm³/mol. The molecule has 6 heteroatoms. The summed E-state index contributed by atoms with van der Waals surface area (Å²) in [7, 11) is 0. The molecule has 2 aliphatic heterocycles. The number of nitrogens with zero attached hydrogens (tertiary/aromatic N) is 3. The van der Waals surface area contributed by atoms with Crippen molar-refractivity contribution in [2.75, 3.05) is 52.5 Å². The van der Waals surface area contributed by atoms with Gasteiger partial charge < -0.3 is 14.7 Å². The quantitative estimate of drug-likeness (QED) is 0.632. The van der Waals surface area contributed by atoms with Gasteiger partial charge in [-0.1, -0.05) is 42.1 Å². The smallest absolute Gasteiger partial charge is 0.137 e. The molecule has 0 bridgehead atoms. The van der Waals surface area contributed by atoms with Gasteiger partial charge in [-0.05, 0) is 18.2 Å². The Labute approximate surface area is 164 Å². The lowest BCUT2D eigenvalue weighted by atomic mass is 10.2. The van der Waals surface area contributed by atoms with E-state index < -0.39 is 0 Å². The van der Waals surface area contributed by atoms with Crippen LogP contribution in [-0.2, 0) is 4.74 Å². The fraction of sp³-hybridized carbons (Fsp3) is 0.381. The number of ether oxygens (including phenoxy) is 1. The number of para-hydroxylation sites is 1. The second kappa shape index (κ2) is 8.89. The summed E-state index contributed by atoms with van der Waals surface area (Å²) in [6, 6.07) is 16.9. The first-order valence-corrected chi connectivity index (χ1v) is 10.3. The van der Waals surface area contributed by atoms with Gasteiger partial charge in [-0.3, -0.25) is 4.90 Å². The van der Waals surface area contributed by atoms with E-state index in [4.69, 9.17) is 14.8 Å². The molecule has 0 saturated carbocycles. The largest absolute Gasteiger partial charge is 0.394 e. The third kappa shape index (κ3) is 4.35. The average Bonchev–Trinajstić information content (AvgIpc) is 2.88. The average molecular weight is 387 g/mol. The Morgan fingerprint density at radius 2 is 1.67 bits per heavy atom. The third-order valence-corrected chi connectivity index (χ3v) is 6.04. The number of piperazine rings is 1. The minimum absolute atomic E-state index is 0.0898. The van der Waals surface area contributed by atoms with Crippen molar-refractivity contribution in [1.29, 1.82) is 0 Å². The van der Waals surface area contributed by atoms with Crippen molar-refractivity contribution >= 4 is 23.3 Å². The van der Waals surface area contributed by atoms with Crippen LogP contribution in [0.15, 0.2) is 63.3 Å². The standard InChI is InChI=1S/C21H25N3O2S/c25-14-16-26-15-13-23-9-11-24(12-10-23)21-17-5-1-3-7-19(17)27-20-8-4-2-6-18(20)22-21/h1-8,25H,9-16H2/i9+1,10+1,11+1,12+1. The molecule has 0 aromatic heterocycles. The summed E-state index contributed by atoms with van der Waals surface area (Å²) in [6.07, 6.45) is 0. The van der Waals surface area contributed by atoms with Gasteiger partial charge in [-0.15, -0.1) is 0 Å². The van der Waals surface area contributed by atoms with Gasteiger partial charge in [0.15, 0.2) is 0 Å². The Hall–Kier alpha value is -1.86. The number of aliphatic hydroxyl groups excluding tert-OH is 1. The molecule has 142 valence electrons. The maximum absolute atomic E-state index is 8.79. The van der Waals surface area contributed by atoms with Gasteiger partial charge >= 0.3 is 0 Å². The van der Waals surface area contributed by atoms with Crippen LogP contribution in [-0.4, -0.2) is 73.3 Å². The van der Waals surface area contributed by atoms with Crippen molar-refractivity contribution in [2.24, 2.45) is 4.99 Å². The Kier molecular flexibility index (Phi) is 6.09. The van der Waals surface area contributed by atoms with Gasteiger partial charge in [0.1, 0.15) is 5.84 Å². The van der Waals surface area contributed by atoms with Crippen molar-refractivity contribution in [3.05, 3.63) is 54.1 Å². The topological polar surface area (TPSA) is 48.3 Å². The normalized spacial score (nSPS) is 17.1. The lowest BCUT2D eigenvalue weighted by Gasteiger charge is -2.36. The number of fused-ring (bicyclic) bond motifs is 2. The van der Waals surface area contributed by atoms with E-state index in [9.17, 15) is 0 Å². The van der Waals surface area contributed by atoms with E-state index in [0.29, 0.717) is 13.2 Å². The summed E-state index contributed by atoms with van der Waals surface area (Å²) in [4.78, 5) is 12.4. The van der Waals surface area contributed by atoms with Crippen molar-refractivity contribution in [3.8, 4) is 0 Å². The lowest BCUT2D eigenvalue weighted by Crippen LogP contribution is -2.49. The van der Waals surface area contributed by atoms with E-state index in [0.717, 1.165) is 44.2 Å². The second-order valence-electron chi connectivity index (χ2n) is 6.67. The minimum atomic E-state index is 0.0898. The maximum Gasteiger partial charge on any atom is 0.137 e. The molecule has 1 fully saturated rings. The van der Waals surface area contributed by atoms with Gasteiger partial charge in [0.05, 0.1) is 25.5 Å². The SMILES string of the molecule is OCCOCCN1[13CH2][13CH2]N(C2=Nc3ccccc3Sc3ccccc32)[13CH2][13CH2]1. The highest BCUT2D eigenvalue weighted by Gasteiger charge is 2.24. The molecule has 27 heavy (non-hydrogen) atoms. The zero-order chi connectivity index (χ0) is 18.5. The first-order valence-electron chi connectivity index (χ1n) is 9.46. The van der Waals surface area contributed by atoms with Crippen molar-refractivity contribution in [2.45, 2.75) is 9.79 Å². The number of hydrogen-bond donors (Lipinski definition) is 1. The molecule has 2 aromatic carbocycles. The molecule has 0 atom stereocenters. The summed E-state index contributed by atoms with van der Waals surface area (Å²) >= 11 is 1.80. The van der Waals surface area contributed by atoms with Crippen LogP contribution >= 0.6 is 11.8 Å². The third-order valence-electron chi connectivity index (χ3n) is 4.90. The molecule has 0 unspecified atom stereocenters. The fourth-order valence-corrected chi connectivity index (χ4v) is 4.47. The Bertz CT molecular complexity index is 804. The summed E-state index contributed by atoms with van der Waals surface area (Å²) in [6.45, 7) is 6.01. The van der Waals surface area contributed by atoms with Crippen LogP contribution in [0.2, 0.25) is 0 Å². The van der Waals surface area contributed by atoms with Crippen LogP contribution < -0.4 is 0 Å². The Morgan fingerprint density at radius 3 is 2.48 bits per heavy atom. The molecule has 0 amide bonds. The zero-order valence-corrected chi connectivity index (χ0v) is 16.2. The monoisotopic (exact) mass is 387 g/mol. The number of amidine groups is 1. The van der Waals surface area contributed by atoms with Crippen molar-refractivity contribution in [1.82, 2.24) is 9.80 Å². The molecule has 4 rings (SSSR count). The summed E-state index contributed by atoms with van der Waals surface area (Å²) in [5, 5.41) is 8.79. The molecular weight excluding hydrogens is 362 g/mol. The molecule has 2 aliphatic rings. The first-order chi connectivity index (χ1) is 13.3. The molecule has 2 heterocycles. The molecule has 2 aromatic rings. The molecule has 0 radical (unpaired) electrons. The van der Waals surface area contributed by atoms with E-state index in [1.54, 1.807) is 11.8 Å². The van der Waals surface area contributed by atoms with Crippen LogP contribution in [0, 0.1) is 0 Å². The van der Waals surface area contributed by atoms with Crippen molar-refractivity contribution < 1.29 is 9.84 Å². The van der Waals surface area contributed by atoms with Gasteiger partial charge in [-0.2, -0.15) is 0 Å². The molecule has 0 aliphatic carbocycles. The van der Waals surface area contributed by atoms with Crippen molar-refractivity contribution in [3.63, 3.8) is 0 Å². The number of benzene rings is 2. The fourth-order valence-electron chi connectivity index (χ4n) is 3.45. The molecule has 0 spiro atoms. The number of hydrogen-bond acceptors (Lipinski definition) is 6. The Balaban J connectivity index is 1.50. The number of aliphatic imine (C=N–C) groups is 1. The van der Waals surface area contributed by atoms with E-state index in [2.05, 4.69) is 58.3 Å². The van der Waals surface area contributed by atoms with E-state index in [1.807, 2.05) is 0 Å². The highest BCUT2D eigenvalue weighted by Crippen LogP contribution is 2.40. The zero-order valence-electron chi connectivity index (χ0n) is 15.4. The lowest BCUT2D eigenvalue weighted by molar-refractivity contribution is 0.0652. The van der Waals surface area contributed by atoms with Crippen LogP contribution in [0.1, 0.15) is 5.56 Å². The van der Waals surface area contributed by atoms with Crippen LogP contribution in [0.4, 0.5) is 5.69 Å². The van der Waals surface area contributed by atoms with Gasteiger partial charge in [0.2, 0.25) is 0 Å². The molecule has 5 nitrogen and oxygen atoms in total. The molecule has 1 saturated heterocycles. The predicted octanol–water partition coefficient (Wildman–Crippen LogP) is 2.86. The first kappa shape index (κ1) is 18.5. The second-order valence-corrected chi connectivity index (χ2v) is 7.75. The van der Waals surface area contributed by atoms with Gasteiger partial charge in [-0.25, -0.2) is 4.99 Å². The van der Waals surface area contributed by atoms with Crippen LogP contribution in [0.3, 0.4) is 0 Å². The highest BCUT2D eigenvalue weighted by atomic mass is 32.2. The highest BCUT2D eigenvalue weighted by molar-refractivity contribution is 7.99. The number of rotatable bonds is 5. The number of aliphatic hydroxyl groups is 1. The maximum atomic E-state index is 8.79. The minimum Gasteiger partial charge on any atom is -0.394 e. The van der Waals surface area contributed by atoms with E-state index in [-0.39, 0.29) is 6.61 Å². The Morgan fingerprint density at radius 1 is 0.926 bits per heavy atom. The van der Waals surface area contributed by atoms with Crippen LogP contribution in [0.25, 0.3) is 0 Å². The summed E-state index contributed by atoms with van der Waals surface area (Å²) < 4.78 is 5.40. The molecule has 1 N–H and O–H groups in total. The molecular formula is C21H25N3O2S. The summed E-state index contributed by atoms with van der Waals surface area (Å²) in [5.41, 5.74) is 2.27. The van der Waals surface area contributed by atoms with Crippen LogP contribution in [0.5, 0.6) is 0 Å². The van der Waals surface area contributed by atoms with E-state index in [1.165, 1.54) is 15.4 Å². The van der Waals surface area contributed by atoms with Gasteiger partial charge in [0, 0.05) is 48.1 Å². The van der Waals surface area contributed by atoms with E-state index >= 15 is 0 Å². The summed E-state index contributed by atoms with van der Waals surface area (Å²) in [5.74, 6) is 1.08. The van der Waals surface area contributed by atoms with Gasteiger partial charge in [0.25, 0.3) is 0 Å².